The molecular formula is C18H33NO2. The third kappa shape index (κ3) is 13.6. The summed E-state index contributed by atoms with van der Waals surface area (Å²) in [6.07, 6.45) is 13.1. The first kappa shape index (κ1) is 19.9. The lowest BCUT2D eigenvalue weighted by molar-refractivity contribution is -0.143. The SMILES string of the molecule is C=CCCCCC(CCC)NCCOC(=O)CCCC=C. The van der Waals surface area contributed by atoms with Gasteiger partial charge in [0.25, 0.3) is 0 Å². The van der Waals surface area contributed by atoms with Crippen molar-refractivity contribution in [3.63, 3.8) is 0 Å². The lowest BCUT2D eigenvalue weighted by atomic mass is 10.0. The molecular weight excluding hydrogens is 262 g/mol. The summed E-state index contributed by atoms with van der Waals surface area (Å²) in [5.41, 5.74) is 0. The topological polar surface area (TPSA) is 38.3 Å². The summed E-state index contributed by atoms with van der Waals surface area (Å²) >= 11 is 0. The van der Waals surface area contributed by atoms with Gasteiger partial charge in [-0.15, -0.1) is 13.2 Å². The molecule has 0 aliphatic rings. The van der Waals surface area contributed by atoms with Crippen molar-refractivity contribution in [2.45, 2.75) is 70.8 Å². The van der Waals surface area contributed by atoms with E-state index in [1.54, 1.807) is 0 Å². The molecule has 1 unspecified atom stereocenters. The molecule has 1 atom stereocenters. The molecule has 0 heterocycles. The van der Waals surface area contributed by atoms with Gasteiger partial charge in [-0.25, -0.2) is 0 Å². The van der Waals surface area contributed by atoms with Gasteiger partial charge in [-0.3, -0.25) is 4.79 Å². The van der Waals surface area contributed by atoms with Crippen LogP contribution in [0.25, 0.3) is 0 Å². The molecule has 3 heteroatoms. The molecule has 0 aromatic carbocycles. The van der Waals surface area contributed by atoms with Gasteiger partial charge in [0.15, 0.2) is 0 Å². The average Bonchev–Trinajstić information content (AvgIpc) is 2.48. The Bertz CT molecular complexity index is 276. The summed E-state index contributed by atoms with van der Waals surface area (Å²) in [5.74, 6) is -0.100. The predicted molar refractivity (Wildman–Crippen MR) is 90.4 cm³/mol. The fraction of sp³-hybridized carbons (Fsp3) is 0.722. The summed E-state index contributed by atoms with van der Waals surface area (Å²) in [7, 11) is 0. The van der Waals surface area contributed by atoms with Crippen molar-refractivity contribution in [1.82, 2.24) is 5.32 Å². The highest BCUT2D eigenvalue weighted by Crippen LogP contribution is 2.08. The Morgan fingerprint density at radius 2 is 1.86 bits per heavy atom. The number of carbonyl (C=O) groups excluding carboxylic acids is 1. The van der Waals surface area contributed by atoms with Crippen LogP contribution in [0.15, 0.2) is 25.3 Å². The molecule has 0 amide bonds. The van der Waals surface area contributed by atoms with E-state index in [-0.39, 0.29) is 5.97 Å². The summed E-state index contributed by atoms with van der Waals surface area (Å²) in [6.45, 7) is 10.8. The van der Waals surface area contributed by atoms with Crippen LogP contribution in [0.5, 0.6) is 0 Å². The molecule has 0 saturated carbocycles. The van der Waals surface area contributed by atoms with Crippen LogP contribution in [0, 0.1) is 0 Å². The molecule has 0 aliphatic carbocycles. The summed E-state index contributed by atoms with van der Waals surface area (Å²) in [4.78, 5) is 11.4. The fourth-order valence-corrected chi connectivity index (χ4v) is 2.27. The van der Waals surface area contributed by atoms with Gasteiger partial charge in [0.1, 0.15) is 6.61 Å². The number of hydrogen-bond acceptors (Lipinski definition) is 3. The first-order chi connectivity index (χ1) is 10.2. The molecule has 122 valence electrons. The quantitative estimate of drug-likeness (QED) is 0.277. The van der Waals surface area contributed by atoms with Gasteiger partial charge in [0.05, 0.1) is 0 Å². The maximum absolute atomic E-state index is 11.4. The molecule has 0 aromatic rings. The molecule has 21 heavy (non-hydrogen) atoms. The third-order valence-corrected chi connectivity index (χ3v) is 3.44. The normalized spacial score (nSPS) is 11.9. The van der Waals surface area contributed by atoms with Crippen LogP contribution in [-0.2, 0) is 9.53 Å². The van der Waals surface area contributed by atoms with E-state index in [9.17, 15) is 4.79 Å². The number of rotatable bonds is 15. The van der Waals surface area contributed by atoms with Crippen LogP contribution in [0.4, 0.5) is 0 Å². The van der Waals surface area contributed by atoms with E-state index in [1.807, 2.05) is 12.2 Å². The molecule has 1 N–H and O–H groups in total. The monoisotopic (exact) mass is 295 g/mol. The first-order valence-electron chi connectivity index (χ1n) is 8.35. The van der Waals surface area contributed by atoms with Gasteiger partial charge in [0, 0.05) is 19.0 Å². The molecule has 0 saturated heterocycles. The van der Waals surface area contributed by atoms with Gasteiger partial charge < -0.3 is 10.1 Å². The Morgan fingerprint density at radius 1 is 1.14 bits per heavy atom. The maximum atomic E-state index is 11.4. The summed E-state index contributed by atoms with van der Waals surface area (Å²) in [5, 5.41) is 3.50. The second kappa shape index (κ2) is 15.3. The largest absolute Gasteiger partial charge is 0.464 e. The van der Waals surface area contributed by atoms with Crippen molar-refractivity contribution >= 4 is 5.97 Å². The molecule has 0 rings (SSSR count). The number of esters is 1. The van der Waals surface area contributed by atoms with E-state index < -0.39 is 0 Å². The Balaban J connectivity index is 3.64. The maximum Gasteiger partial charge on any atom is 0.305 e. The number of hydrogen-bond donors (Lipinski definition) is 1. The number of carbonyl (C=O) groups is 1. The minimum atomic E-state index is -0.100. The number of allylic oxidation sites excluding steroid dienone is 2. The molecule has 0 fully saturated rings. The van der Waals surface area contributed by atoms with Crippen molar-refractivity contribution in [2.75, 3.05) is 13.2 Å². The van der Waals surface area contributed by atoms with Crippen molar-refractivity contribution in [2.24, 2.45) is 0 Å². The first-order valence-corrected chi connectivity index (χ1v) is 8.35. The number of unbranched alkanes of at least 4 members (excludes halogenated alkanes) is 3. The van der Waals surface area contributed by atoms with Crippen molar-refractivity contribution < 1.29 is 9.53 Å². The molecule has 0 radical (unpaired) electrons. The van der Waals surface area contributed by atoms with Crippen LogP contribution in [0.1, 0.15) is 64.7 Å². The van der Waals surface area contributed by atoms with E-state index in [0.717, 1.165) is 25.8 Å². The lowest BCUT2D eigenvalue weighted by Gasteiger charge is -2.18. The van der Waals surface area contributed by atoms with Crippen molar-refractivity contribution in [1.29, 1.82) is 0 Å². The Kier molecular flexibility index (Phi) is 14.5. The second-order valence-electron chi connectivity index (χ2n) is 5.41. The smallest absolute Gasteiger partial charge is 0.305 e. The number of ether oxygens (including phenoxy) is 1. The fourth-order valence-electron chi connectivity index (χ4n) is 2.27. The van der Waals surface area contributed by atoms with Crippen LogP contribution in [-0.4, -0.2) is 25.2 Å². The van der Waals surface area contributed by atoms with Gasteiger partial charge in [-0.05, 0) is 38.5 Å². The zero-order chi connectivity index (χ0) is 15.8. The van der Waals surface area contributed by atoms with Crippen LogP contribution in [0.2, 0.25) is 0 Å². The highest BCUT2D eigenvalue weighted by molar-refractivity contribution is 5.69. The van der Waals surface area contributed by atoms with Crippen molar-refractivity contribution in [3.8, 4) is 0 Å². The van der Waals surface area contributed by atoms with Gasteiger partial charge in [0.2, 0.25) is 0 Å². The molecule has 3 nitrogen and oxygen atoms in total. The predicted octanol–water partition coefficient (Wildman–Crippen LogP) is 4.39. The molecule has 0 aromatic heterocycles. The number of nitrogens with one attached hydrogen (secondary N) is 1. The summed E-state index contributed by atoms with van der Waals surface area (Å²) in [6, 6.07) is 0.541. The highest BCUT2D eigenvalue weighted by atomic mass is 16.5. The van der Waals surface area contributed by atoms with Crippen LogP contribution >= 0.6 is 0 Å². The van der Waals surface area contributed by atoms with E-state index in [4.69, 9.17) is 4.74 Å². The third-order valence-electron chi connectivity index (χ3n) is 3.44. The molecule has 0 aliphatic heterocycles. The highest BCUT2D eigenvalue weighted by Gasteiger charge is 2.07. The van der Waals surface area contributed by atoms with Crippen LogP contribution in [0.3, 0.4) is 0 Å². The van der Waals surface area contributed by atoms with Gasteiger partial charge in [-0.1, -0.05) is 31.9 Å². The molecule has 0 bridgehead atoms. The van der Waals surface area contributed by atoms with Gasteiger partial charge >= 0.3 is 5.97 Å². The van der Waals surface area contributed by atoms with Crippen molar-refractivity contribution in [3.05, 3.63) is 25.3 Å². The van der Waals surface area contributed by atoms with E-state index in [1.165, 1.54) is 32.1 Å². The minimum Gasteiger partial charge on any atom is -0.464 e. The minimum absolute atomic E-state index is 0.100. The second-order valence-corrected chi connectivity index (χ2v) is 5.41. The zero-order valence-electron chi connectivity index (χ0n) is 13.7. The van der Waals surface area contributed by atoms with E-state index >= 15 is 0 Å². The molecule has 0 spiro atoms. The van der Waals surface area contributed by atoms with E-state index in [2.05, 4.69) is 25.4 Å². The Labute approximate surface area is 130 Å². The standard InChI is InChI=1S/C18H33NO2/c1-4-7-9-11-13-17(12-6-3)19-15-16-21-18(20)14-10-8-5-2/h4-5,17,19H,1-2,6-16H2,3H3. The summed E-state index contributed by atoms with van der Waals surface area (Å²) < 4.78 is 5.21. The van der Waals surface area contributed by atoms with Gasteiger partial charge in [-0.2, -0.15) is 0 Å². The van der Waals surface area contributed by atoms with Crippen LogP contribution < -0.4 is 5.32 Å². The lowest BCUT2D eigenvalue weighted by Crippen LogP contribution is -2.32. The zero-order valence-corrected chi connectivity index (χ0v) is 13.7. The average molecular weight is 295 g/mol. The Morgan fingerprint density at radius 3 is 2.52 bits per heavy atom. The van der Waals surface area contributed by atoms with E-state index in [0.29, 0.717) is 19.1 Å². The Hall–Kier alpha value is -1.09.